The van der Waals surface area contributed by atoms with Crippen LogP contribution in [-0.2, 0) is 0 Å². The van der Waals surface area contributed by atoms with E-state index in [1.807, 2.05) is 0 Å². The second-order valence-electron chi connectivity index (χ2n) is 2.94. The smallest absolute Gasteiger partial charge is 0.371 e. The van der Waals surface area contributed by atoms with E-state index in [2.05, 4.69) is 0 Å². The van der Waals surface area contributed by atoms with Gasteiger partial charge >= 0.3 is 5.97 Å². The Labute approximate surface area is 90.0 Å². The molecule has 78 valence electrons. The van der Waals surface area contributed by atoms with Gasteiger partial charge in [-0.2, -0.15) is 0 Å². The largest absolute Gasteiger partial charge is 0.493 e. The van der Waals surface area contributed by atoms with Gasteiger partial charge in [-0.25, -0.2) is 4.79 Å². The first kappa shape index (κ1) is 9.86. The number of carboxylic acid groups (broad SMARTS) is 1. The highest BCUT2D eigenvalue weighted by molar-refractivity contribution is 6.31. The lowest BCUT2D eigenvalue weighted by Gasteiger charge is -2.00. The third-order valence-corrected chi connectivity index (χ3v) is 2.20. The summed E-state index contributed by atoms with van der Waals surface area (Å²) in [6.07, 6.45) is 0. The van der Waals surface area contributed by atoms with Crippen LogP contribution in [-0.4, -0.2) is 18.2 Å². The Balaban J connectivity index is 2.74. The number of methoxy groups -OCH3 is 1. The quantitative estimate of drug-likeness (QED) is 0.855. The second-order valence-corrected chi connectivity index (χ2v) is 3.38. The lowest BCUT2D eigenvalue weighted by atomic mass is 10.2. The molecule has 0 saturated heterocycles. The van der Waals surface area contributed by atoms with Crippen LogP contribution in [0.15, 0.2) is 22.6 Å². The Bertz CT molecular complexity index is 529. The summed E-state index contributed by atoms with van der Waals surface area (Å²) in [6, 6.07) is 4.60. The molecule has 1 heterocycles. The number of rotatable bonds is 2. The van der Waals surface area contributed by atoms with Crippen LogP contribution >= 0.6 is 11.6 Å². The SMILES string of the molecule is COc1cc(Cl)cc2cc(C(=O)O)oc12. The Morgan fingerprint density at radius 2 is 2.20 bits per heavy atom. The number of ether oxygens (including phenoxy) is 1. The highest BCUT2D eigenvalue weighted by Crippen LogP contribution is 2.32. The van der Waals surface area contributed by atoms with Crippen molar-refractivity contribution in [2.75, 3.05) is 7.11 Å². The lowest BCUT2D eigenvalue weighted by Crippen LogP contribution is -1.91. The predicted molar refractivity (Wildman–Crippen MR) is 54.7 cm³/mol. The number of aromatic carboxylic acids is 1. The van der Waals surface area contributed by atoms with Gasteiger partial charge in [0.25, 0.3) is 0 Å². The molecule has 2 aromatic rings. The van der Waals surface area contributed by atoms with E-state index in [-0.39, 0.29) is 5.76 Å². The van der Waals surface area contributed by atoms with Gasteiger partial charge < -0.3 is 14.3 Å². The number of carbonyl (C=O) groups is 1. The highest BCUT2D eigenvalue weighted by Gasteiger charge is 2.14. The maximum absolute atomic E-state index is 10.7. The van der Waals surface area contributed by atoms with E-state index in [1.54, 1.807) is 12.1 Å². The molecule has 1 N–H and O–H groups in total. The van der Waals surface area contributed by atoms with Gasteiger partial charge in [-0.1, -0.05) is 11.6 Å². The Morgan fingerprint density at radius 1 is 1.47 bits per heavy atom. The van der Waals surface area contributed by atoms with Gasteiger partial charge in [-0.05, 0) is 12.1 Å². The summed E-state index contributed by atoms with van der Waals surface area (Å²) in [6.45, 7) is 0. The number of benzene rings is 1. The molecule has 5 heteroatoms. The molecule has 0 saturated carbocycles. The molecule has 4 nitrogen and oxygen atoms in total. The lowest BCUT2D eigenvalue weighted by molar-refractivity contribution is 0.0665. The van der Waals surface area contributed by atoms with Crippen LogP contribution in [0.2, 0.25) is 5.02 Å². The minimum absolute atomic E-state index is 0.134. The van der Waals surface area contributed by atoms with Crippen LogP contribution in [0, 0.1) is 0 Å². The van der Waals surface area contributed by atoms with Crippen LogP contribution in [0.3, 0.4) is 0 Å². The zero-order valence-electron chi connectivity index (χ0n) is 7.78. The summed E-state index contributed by atoms with van der Waals surface area (Å²) in [5, 5.41) is 9.83. The van der Waals surface area contributed by atoms with Crippen LogP contribution in [0.25, 0.3) is 11.0 Å². The van der Waals surface area contributed by atoms with Crippen molar-refractivity contribution in [1.29, 1.82) is 0 Å². The van der Waals surface area contributed by atoms with Crippen molar-refractivity contribution in [2.45, 2.75) is 0 Å². The van der Waals surface area contributed by atoms with E-state index in [0.717, 1.165) is 0 Å². The van der Waals surface area contributed by atoms with Crippen molar-refractivity contribution in [3.8, 4) is 5.75 Å². The van der Waals surface area contributed by atoms with Crippen molar-refractivity contribution in [2.24, 2.45) is 0 Å². The van der Waals surface area contributed by atoms with E-state index in [4.69, 9.17) is 25.9 Å². The van der Waals surface area contributed by atoms with Crippen molar-refractivity contribution >= 4 is 28.5 Å². The van der Waals surface area contributed by atoms with Gasteiger partial charge in [0.15, 0.2) is 11.3 Å². The summed E-state index contributed by atoms with van der Waals surface area (Å²) < 4.78 is 10.2. The van der Waals surface area contributed by atoms with Crippen LogP contribution < -0.4 is 4.74 Å². The molecular weight excluding hydrogens is 220 g/mol. The van der Waals surface area contributed by atoms with Crippen molar-refractivity contribution < 1.29 is 19.1 Å². The first-order valence-corrected chi connectivity index (χ1v) is 4.50. The molecule has 0 aliphatic heterocycles. The molecule has 0 unspecified atom stereocenters. The zero-order chi connectivity index (χ0) is 11.0. The first-order chi connectivity index (χ1) is 7.11. The molecule has 0 bridgehead atoms. The van der Waals surface area contributed by atoms with Crippen LogP contribution in [0.5, 0.6) is 5.75 Å². The fraction of sp³-hybridized carbons (Fsp3) is 0.100. The highest BCUT2D eigenvalue weighted by atomic mass is 35.5. The molecule has 0 amide bonds. The third kappa shape index (κ3) is 1.64. The van der Waals surface area contributed by atoms with Crippen molar-refractivity contribution in [3.63, 3.8) is 0 Å². The Kier molecular flexibility index (Phi) is 2.28. The van der Waals surface area contributed by atoms with Crippen molar-refractivity contribution in [1.82, 2.24) is 0 Å². The standard InChI is InChI=1S/C10H7ClO4/c1-14-7-4-6(11)2-5-3-8(10(12)13)15-9(5)7/h2-4H,1H3,(H,12,13). The minimum Gasteiger partial charge on any atom is -0.493 e. The number of hydrogen-bond acceptors (Lipinski definition) is 3. The molecule has 0 radical (unpaired) electrons. The van der Waals surface area contributed by atoms with Gasteiger partial charge in [-0.15, -0.1) is 0 Å². The Hall–Kier alpha value is -1.68. The van der Waals surface area contributed by atoms with E-state index in [1.165, 1.54) is 13.2 Å². The third-order valence-electron chi connectivity index (χ3n) is 1.98. The maximum Gasteiger partial charge on any atom is 0.371 e. The maximum atomic E-state index is 10.7. The number of hydrogen-bond donors (Lipinski definition) is 1. The zero-order valence-corrected chi connectivity index (χ0v) is 8.54. The summed E-state index contributed by atoms with van der Waals surface area (Å²) in [5.41, 5.74) is 0.388. The van der Waals surface area contributed by atoms with Crippen LogP contribution in [0.4, 0.5) is 0 Å². The summed E-state index contributed by atoms with van der Waals surface area (Å²) in [5.74, 6) is -0.833. The number of halogens is 1. The summed E-state index contributed by atoms with van der Waals surface area (Å²) >= 11 is 5.82. The van der Waals surface area contributed by atoms with Crippen LogP contribution in [0.1, 0.15) is 10.6 Å². The molecular formula is C10H7ClO4. The van der Waals surface area contributed by atoms with E-state index in [9.17, 15) is 4.79 Å². The topological polar surface area (TPSA) is 59.7 Å². The second kappa shape index (κ2) is 3.47. The molecule has 1 aromatic carbocycles. The van der Waals surface area contributed by atoms with Gasteiger partial charge in [0, 0.05) is 16.5 Å². The van der Waals surface area contributed by atoms with Gasteiger partial charge in [0.1, 0.15) is 0 Å². The number of carboxylic acids is 1. The molecule has 0 aliphatic rings. The van der Waals surface area contributed by atoms with Crippen molar-refractivity contribution in [3.05, 3.63) is 29.0 Å². The van der Waals surface area contributed by atoms with E-state index < -0.39 is 5.97 Å². The minimum atomic E-state index is -1.12. The van der Waals surface area contributed by atoms with E-state index in [0.29, 0.717) is 21.7 Å². The van der Waals surface area contributed by atoms with Gasteiger partial charge in [0.05, 0.1) is 7.11 Å². The molecule has 1 aromatic heterocycles. The first-order valence-electron chi connectivity index (χ1n) is 4.12. The summed E-state index contributed by atoms with van der Waals surface area (Å²) in [4.78, 5) is 10.7. The number of furan rings is 1. The van der Waals surface area contributed by atoms with Gasteiger partial charge in [0.2, 0.25) is 5.76 Å². The normalized spacial score (nSPS) is 10.5. The molecule has 15 heavy (non-hydrogen) atoms. The fourth-order valence-electron chi connectivity index (χ4n) is 1.34. The predicted octanol–water partition coefficient (Wildman–Crippen LogP) is 2.79. The molecule has 0 aliphatic carbocycles. The monoisotopic (exact) mass is 226 g/mol. The molecule has 0 fully saturated rings. The fourth-order valence-corrected chi connectivity index (χ4v) is 1.56. The summed E-state index contributed by atoms with van der Waals surface area (Å²) in [7, 11) is 1.47. The van der Waals surface area contributed by atoms with E-state index >= 15 is 0 Å². The molecule has 0 spiro atoms. The number of fused-ring (bicyclic) bond motifs is 1. The van der Waals surface area contributed by atoms with Gasteiger partial charge in [-0.3, -0.25) is 0 Å². The average Bonchev–Trinajstić information content (AvgIpc) is 2.59. The average molecular weight is 227 g/mol. The Morgan fingerprint density at radius 3 is 2.80 bits per heavy atom. The molecule has 2 rings (SSSR count). The molecule has 0 atom stereocenters.